The van der Waals surface area contributed by atoms with E-state index in [2.05, 4.69) is 0 Å². The summed E-state index contributed by atoms with van der Waals surface area (Å²) >= 11 is 0. The van der Waals surface area contributed by atoms with Gasteiger partial charge in [0, 0.05) is 26.7 Å². The zero-order valence-corrected chi connectivity index (χ0v) is 18.4. The predicted molar refractivity (Wildman–Crippen MR) is 114 cm³/mol. The van der Waals surface area contributed by atoms with Crippen LogP contribution in [-0.2, 0) is 32.5 Å². The molecule has 30 heavy (non-hydrogen) atoms. The van der Waals surface area contributed by atoms with E-state index in [1.165, 1.54) is 17.0 Å². The topological polar surface area (TPSA) is 76.2 Å². The van der Waals surface area contributed by atoms with Crippen LogP contribution >= 0.6 is 0 Å². The molecule has 3 rings (SSSR count). The average molecular weight is 433 g/mol. The highest BCUT2D eigenvalue weighted by Crippen LogP contribution is 2.28. The molecule has 0 atom stereocenters. The van der Waals surface area contributed by atoms with Gasteiger partial charge in [-0.1, -0.05) is 35.9 Å². The largest absolute Gasteiger partial charge is 0.495 e. The molecule has 0 N–H and O–H groups in total. The summed E-state index contributed by atoms with van der Waals surface area (Å²) < 4.78 is 38.1. The summed E-state index contributed by atoms with van der Waals surface area (Å²) in [7, 11) is -0.547. The van der Waals surface area contributed by atoms with Crippen LogP contribution in [0.1, 0.15) is 16.7 Å². The summed E-state index contributed by atoms with van der Waals surface area (Å²) in [5.74, 6) is 0.182. The normalized spacial score (nSPS) is 15.0. The quantitative estimate of drug-likeness (QED) is 0.671. The number of likely N-dealkylation sites (N-methyl/N-ethyl adjacent to an activating group) is 1. The van der Waals surface area contributed by atoms with Crippen LogP contribution in [0, 0.1) is 6.92 Å². The zero-order chi connectivity index (χ0) is 21.7. The molecule has 0 radical (unpaired) electrons. The van der Waals surface area contributed by atoms with E-state index in [1.807, 2.05) is 31.2 Å². The Morgan fingerprint density at radius 1 is 1.10 bits per heavy atom. The standard InChI is InChI=1S/C22H28N2O5S/c1-17-4-6-18(7-5-17)16-23(2)22(25)15-19-8-9-20(28-3)21(14-19)30(26,27)24-10-12-29-13-11-24/h4-9,14H,10-13,15-16H2,1-3H3. The molecule has 1 amide bonds. The van der Waals surface area contributed by atoms with Crippen molar-refractivity contribution in [2.45, 2.75) is 24.8 Å². The third-order valence-corrected chi connectivity index (χ3v) is 7.06. The average Bonchev–Trinajstić information content (AvgIpc) is 2.75. The fraction of sp³-hybridized carbons (Fsp3) is 0.409. The first-order valence-electron chi connectivity index (χ1n) is 9.85. The Balaban J connectivity index is 1.77. The maximum Gasteiger partial charge on any atom is 0.246 e. The molecule has 8 heteroatoms. The number of rotatable bonds is 7. The Hall–Kier alpha value is -2.42. The summed E-state index contributed by atoms with van der Waals surface area (Å²) in [5, 5.41) is 0. The lowest BCUT2D eigenvalue weighted by Crippen LogP contribution is -2.40. The Morgan fingerprint density at radius 2 is 1.73 bits per heavy atom. The van der Waals surface area contributed by atoms with Gasteiger partial charge in [0.1, 0.15) is 10.6 Å². The fourth-order valence-electron chi connectivity index (χ4n) is 3.32. The van der Waals surface area contributed by atoms with Crippen molar-refractivity contribution in [2.75, 3.05) is 40.5 Å². The Labute approximate surface area is 178 Å². The van der Waals surface area contributed by atoms with Crippen LogP contribution in [-0.4, -0.2) is 64.0 Å². The number of carbonyl (C=O) groups is 1. The number of methoxy groups -OCH3 is 1. The van der Waals surface area contributed by atoms with Crippen LogP contribution in [0.3, 0.4) is 0 Å². The third-order valence-electron chi connectivity index (χ3n) is 5.14. The van der Waals surface area contributed by atoms with Gasteiger partial charge in [-0.05, 0) is 30.2 Å². The van der Waals surface area contributed by atoms with Crippen LogP contribution in [0.4, 0.5) is 0 Å². The van der Waals surface area contributed by atoms with Crippen molar-refractivity contribution in [3.05, 3.63) is 59.2 Å². The molecule has 1 aliphatic rings. The van der Waals surface area contributed by atoms with E-state index in [-0.39, 0.29) is 23.0 Å². The molecule has 0 spiro atoms. The summed E-state index contributed by atoms with van der Waals surface area (Å²) in [6, 6.07) is 12.9. The van der Waals surface area contributed by atoms with Crippen molar-refractivity contribution in [2.24, 2.45) is 0 Å². The highest BCUT2D eigenvalue weighted by molar-refractivity contribution is 7.89. The minimum Gasteiger partial charge on any atom is -0.495 e. The van der Waals surface area contributed by atoms with Crippen molar-refractivity contribution in [3.63, 3.8) is 0 Å². The van der Waals surface area contributed by atoms with Crippen LogP contribution in [0.25, 0.3) is 0 Å². The summed E-state index contributed by atoms with van der Waals surface area (Å²) in [5.41, 5.74) is 2.84. The van der Waals surface area contributed by atoms with Crippen molar-refractivity contribution >= 4 is 15.9 Å². The highest BCUT2D eigenvalue weighted by atomic mass is 32.2. The van der Waals surface area contributed by atoms with Gasteiger partial charge in [-0.3, -0.25) is 4.79 Å². The fourth-order valence-corrected chi connectivity index (χ4v) is 4.94. The van der Waals surface area contributed by atoms with Crippen LogP contribution in [0.2, 0.25) is 0 Å². The van der Waals surface area contributed by atoms with Gasteiger partial charge < -0.3 is 14.4 Å². The van der Waals surface area contributed by atoms with E-state index in [9.17, 15) is 13.2 Å². The number of aryl methyl sites for hydroxylation is 1. The SMILES string of the molecule is COc1ccc(CC(=O)N(C)Cc2ccc(C)cc2)cc1S(=O)(=O)N1CCOCC1. The predicted octanol–water partition coefficient (Wildman–Crippen LogP) is 2.23. The van der Waals surface area contributed by atoms with E-state index < -0.39 is 10.0 Å². The van der Waals surface area contributed by atoms with Crippen LogP contribution in [0.15, 0.2) is 47.4 Å². The summed E-state index contributed by atoms with van der Waals surface area (Å²) in [4.78, 5) is 14.4. The second kappa shape index (κ2) is 9.59. The first-order chi connectivity index (χ1) is 14.3. The molecule has 1 heterocycles. The van der Waals surface area contributed by atoms with Gasteiger partial charge in [0.25, 0.3) is 0 Å². The summed E-state index contributed by atoms with van der Waals surface area (Å²) in [6.07, 6.45) is 0.109. The molecule has 2 aromatic rings. The van der Waals surface area contributed by atoms with Crippen molar-refractivity contribution in [1.29, 1.82) is 0 Å². The van der Waals surface area contributed by atoms with Gasteiger partial charge in [-0.2, -0.15) is 4.31 Å². The number of nitrogens with zero attached hydrogens (tertiary/aromatic N) is 2. The number of hydrogen-bond acceptors (Lipinski definition) is 5. The van der Waals surface area contributed by atoms with E-state index in [4.69, 9.17) is 9.47 Å². The lowest BCUT2D eigenvalue weighted by molar-refractivity contribution is -0.129. The van der Waals surface area contributed by atoms with Gasteiger partial charge in [0.15, 0.2) is 0 Å². The van der Waals surface area contributed by atoms with Crippen molar-refractivity contribution in [3.8, 4) is 5.75 Å². The molecular formula is C22H28N2O5S. The molecule has 1 saturated heterocycles. The number of amides is 1. The second-order valence-corrected chi connectivity index (χ2v) is 9.32. The molecule has 0 saturated carbocycles. The molecule has 1 aliphatic heterocycles. The number of sulfonamides is 1. The van der Waals surface area contributed by atoms with E-state index in [0.717, 1.165) is 5.56 Å². The Bertz CT molecular complexity index is 983. The number of morpholine rings is 1. The number of ether oxygens (including phenoxy) is 2. The number of carbonyl (C=O) groups excluding carboxylic acids is 1. The molecule has 0 aromatic heterocycles. The number of benzene rings is 2. The maximum absolute atomic E-state index is 13.1. The molecule has 7 nitrogen and oxygen atoms in total. The molecule has 2 aromatic carbocycles. The molecule has 0 aliphatic carbocycles. The van der Waals surface area contributed by atoms with Crippen LogP contribution < -0.4 is 4.74 Å². The molecular weight excluding hydrogens is 404 g/mol. The lowest BCUT2D eigenvalue weighted by atomic mass is 10.1. The van der Waals surface area contributed by atoms with Crippen molar-refractivity contribution < 1.29 is 22.7 Å². The van der Waals surface area contributed by atoms with Crippen molar-refractivity contribution in [1.82, 2.24) is 9.21 Å². The van der Waals surface area contributed by atoms with E-state index >= 15 is 0 Å². The Kier molecular flexibility index (Phi) is 7.12. The van der Waals surface area contributed by atoms with Gasteiger partial charge in [-0.25, -0.2) is 8.42 Å². The smallest absolute Gasteiger partial charge is 0.246 e. The number of hydrogen-bond donors (Lipinski definition) is 0. The third kappa shape index (κ3) is 5.19. The van der Waals surface area contributed by atoms with Gasteiger partial charge in [0.05, 0.1) is 26.7 Å². The van der Waals surface area contributed by atoms with Crippen LogP contribution in [0.5, 0.6) is 5.75 Å². The maximum atomic E-state index is 13.1. The Morgan fingerprint density at radius 3 is 2.37 bits per heavy atom. The van der Waals surface area contributed by atoms with Gasteiger partial charge >= 0.3 is 0 Å². The monoisotopic (exact) mass is 432 g/mol. The van der Waals surface area contributed by atoms with Gasteiger partial charge in [-0.15, -0.1) is 0 Å². The lowest BCUT2D eigenvalue weighted by Gasteiger charge is -2.27. The van der Waals surface area contributed by atoms with E-state index in [0.29, 0.717) is 38.4 Å². The molecule has 0 unspecified atom stereocenters. The molecule has 0 bridgehead atoms. The first kappa shape index (κ1) is 22.3. The molecule has 1 fully saturated rings. The minimum absolute atomic E-state index is 0.0818. The van der Waals surface area contributed by atoms with E-state index in [1.54, 1.807) is 30.1 Å². The zero-order valence-electron chi connectivity index (χ0n) is 17.6. The first-order valence-corrected chi connectivity index (χ1v) is 11.3. The summed E-state index contributed by atoms with van der Waals surface area (Å²) in [6.45, 7) is 3.84. The highest BCUT2D eigenvalue weighted by Gasteiger charge is 2.29. The minimum atomic E-state index is -3.73. The molecule has 162 valence electrons. The second-order valence-electron chi connectivity index (χ2n) is 7.41. The van der Waals surface area contributed by atoms with Gasteiger partial charge in [0.2, 0.25) is 15.9 Å².